The molecule has 1 saturated heterocycles. The second kappa shape index (κ2) is 9.10. The van der Waals surface area contributed by atoms with E-state index in [1.165, 1.54) is 5.56 Å². The molecule has 5 rings (SSSR count). The molecular weight excluding hydrogens is 410 g/mol. The number of aromatic amines is 1. The summed E-state index contributed by atoms with van der Waals surface area (Å²) in [5, 5.41) is 8.27. The smallest absolute Gasteiger partial charge is 0.254 e. The third kappa shape index (κ3) is 4.36. The van der Waals surface area contributed by atoms with Crippen LogP contribution in [0.4, 0.5) is 0 Å². The molecule has 1 amide bonds. The Bertz CT molecular complexity index is 1280. The van der Waals surface area contributed by atoms with Crippen LogP contribution >= 0.6 is 0 Å². The number of H-pyrrole nitrogens is 1. The van der Waals surface area contributed by atoms with Crippen molar-refractivity contribution in [2.24, 2.45) is 5.92 Å². The standard InChI is InChI=1S/C28H29N3O2/c1-19-25(22-9-11-24(33-2)12-10-22)6-3-7-26(19)28(32)31-14-4-5-21(18-31)15-20-8-13-27-23(16-20)17-29-30-27/h3,6-13,16-17,21H,4-5,14-15,18H2,1-2H3,(H,29,30). The number of piperidine rings is 1. The van der Waals surface area contributed by atoms with Crippen LogP contribution in [0.25, 0.3) is 22.0 Å². The number of hydrogen-bond acceptors (Lipinski definition) is 3. The van der Waals surface area contributed by atoms with Crippen molar-refractivity contribution < 1.29 is 9.53 Å². The van der Waals surface area contributed by atoms with Crippen LogP contribution in [0.3, 0.4) is 0 Å². The fourth-order valence-corrected chi connectivity index (χ4v) is 4.99. The van der Waals surface area contributed by atoms with Crippen LogP contribution in [0.5, 0.6) is 5.75 Å². The number of fused-ring (bicyclic) bond motifs is 1. The second-order valence-electron chi connectivity index (χ2n) is 8.96. The van der Waals surface area contributed by atoms with Gasteiger partial charge in [-0.3, -0.25) is 9.89 Å². The van der Waals surface area contributed by atoms with Crippen molar-refractivity contribution in [2.45, 2.75) is 26.2 Å². The number of rotatable bonds is 5. The van der Waals surface area contributed by atoms with Crippen molar-refractivity contribution in [3.8, 4) is 16.9 Å². The van der Waals surface area contributed by atoms with Crippen molar-refractivity contribution in [3.05, 3.63) is 83.6 Å². The molecule has 4 aromatic rings. The summed E-state index contributed by atoms with van der Waals surface area (Å²) in [4.78, 5) is 15.6. The molecule has 3 aromatic carbocycles. The van der Waals surface area contributed by atoms with E-state index in [1.807, 2.05) is 54.4 Å². The summed E-state index contributed by atoms with van der Waals surface area (Å²) in [5.41, 5.74) is 6.37. The van der Waals surface area contributed by atoms with Gasteiger partial charge in [0.05, 0.1) is 18.8 Å². The number of nitrogens with one attached hydrogen (secondary N) is 1. The summed E-state index contributed by atoms with van der Waals surface area (Å²) in [6, 6.07) is 20.5. The number of ether oxygens (including phenoxy) is 1. The highest BCUT2D eigenvalue weighted by molar-refractivity contribution is 5.97. The number of carbonyl (C=O) groups excluding carboxylic acids is 1. The summed E-state index contributed by atoms with van der Waals surface area (Å²) in [6.45, 7) is 3.67. The monoisotopic (exact) mass is 439 g/mol. The number of carbonyl (C=O) groups is 1. The molecule has 1 N–H and O–H groups in total. The Balaban J connectivity index is 1.33. The Kier molecular flexibility index (Phi) is 5.86. The molecule has 5 nitrogen and oxygen atoms in total. The SMILES string of the molecule is COc1ccc(-c2cccc(C(=O)N3CCCC(Cc4ccc5[nH]ncc5c4)C3)c2C)cc1. The number of methoxy groups -OCH3 is 1. The molecule has 0 aliphatic carbocycles. The van der Waals surface area contributed by atoms with Crippen molar-refractivity contribution in [1.82, 2.24) is 15.1 Å². The minimum Gasteiger partial charge on any atom is -0.497 e. The summed E-state index contributed by atoms with van der Waals surface area (Å²) >= 11 is 0. The van der Waals surface area contributed by atoms with E-state index in [-0.39, 0.29) is 5.91 Å². The first-order valence-corrected chi connectivity index (χ1v) is 11.6. The lowest BCUT2D eigenvalue weighted by Gasteiger charge is -2.33. The van der Waals surface area contributed by atoms with Gasteiger partial charge in [-0.05, 0) is 84.7 Å². The maximum Gasteiger partial charge on any atom is 0.254 e. The van der Waals surface area contributed by atoms with E-state index in [2.05, 4.69) is 34.5 Å². The lowest BCUT2D eigenvalue weighted by molar-refractivity contribution is 0.0672. The summed E-state index contributed by atoms with van der Waals surface area (Å²) in [6.07, 6.45) is 5.05. The van der Waals surface area contributed by atoms with Crippen molar-refractivity contribution in [3.63, 3.8) is 0 Å². The predicted octanol–water partition coefficient (Wildman–Crippen LogP) is 5.64. The predicted molar refractivity (Wildman–Crippen MR) is 132 cm³/mol. The highest BCUT2D eigenvalue weighted by Gasteiger charge is 2.26. The second-order valence-corrected chi connectivity index (χ2v) is 8.96. The molecule has 168 valence electrons. The van der Waals surface area contributed by atoms with E-state index < -0.39 is 0 Å². The van der Waals surface area contributed by atoms with Gasteiger partial charge >= 0.3 is 0 Å². The molecule has 0 spiro atoms. The third-order valence-corrected chi connectivity index (χ3v) is 6.80. The quantitative estimate of drug-likeness (QED) is 0.438. The molecule has 2 heterocycles. The Hall–Kier alpha value is -3.60. The zero-order valence-electron chi connectivity index (χ0n) is 19.2. The summed E-state index contributed by atoms with van der Waals surface area (Å²) in [7, 11) is 1.67. The van der Waals surface area contributed by atoms with Crippen LogP contribution in [-0.2, 0) is 6.42 Å². The van der Waals surface area contributed by atoms with E-state index in [9.17, 15) is 4.79 Å². The number of likely N-dealkylation sites (tertiary alicyclic amines) is 1. The van der Waals surface area contributed by atoms with E-state index >= 15 is 0 Å². The Morgan fingerprint density at radius 1 is 1.15 bits per heavy atom. The Morgan fingerprint density at radius 3 is 2.82 bits per heavy atom. The molecular formula is C28H29N3O2. The van der Waals surface area contributed by atoms with Crippen LogP contribution < -0.4 is 4.74 Å². The van der Waals surface area contributed by atoms with Gasteiger partial charge < -0.3 is 9.64 Å². The van der Waals surface area contributed by atoms with Gasteiger partial charge in [-0.1, -0.05) is 30.3 Å². The molecule has 0 radical (unpaired) electrons. The highest BCUT2D eigenvalue weighted by Crippen LogP contribution is 2.29. The van der Waals surface area contributed by atoms with Crippen LogP contribution in [0.1, 0.15) is 34.3 Å². The third-order valence-electron chi connectivity index (χ3n) is 6.80. The maximum absolute atomic E-state index is 13.5. The lowest BCUT2D eigenvalue weighted by atomic mass is 9.90. The van der Waals surface area contributed by atoms with Crippen LogP contribution in [-0.4, -0.2) is 41.2 Å². The zero-order valence-corrected chi connectivity index (χ0v) is 19.2. The van der Waals surface area contributed by atoms with Crippen LogP contribution in [0, 0.1) is 12.8 Å². The van der Waals surface area contributed by atoms with Gasteiger partial charge in [0.15, 0.2) is 0 Å². The summed E-state index contributed by atoms with van der Waals surface area (Å²) in [5.74, 6) is 1.44. The molecule has 1 atom stereocenters. The van der Waals surface area contributed by atoms with Gasteiger partial charge in [0, 0.05) is 24.0 Å². The molecule has 1 aliphatic heterocycles. The zero-order chi connectivity index (χ0) is 22.8. The van der Waals surface area contributed by atoms with Crippen LogP contribution in [0.15, 0.2) is 66.9 Å². The fraction of sp³-hybridized carbons (Fsp3) is 0.286. The number of nitrogens with zero attached hydrogens (tertiary/aromatic N) is 2. The molecule has 5 heteroatoms. The summed E-state index contributed by atoms with van der Waals surface area (Å²) < 4.78 is 5.28. The van der Waals surface area contributed by atoms with Crippen LogP contribution in [0.2, 0.25) is 0 Å². The van der Waals surface area contributed by atoms with Gasteiger partial charge in [-0.2, -0.15) is 5.10 Å². The lowest BCUT2D eigenvalue weighted by Crippen LogP contribution is -2.40. The molecule has 1 unspecified atom stereocenters. The first-order chi connectivity index (χ1) is 16.1. The van der Waals surface area contributed by atoms with Crippen molar-refractivity contribution >= 4 is 16.8 Å². The van der Waals surface area contributed by atoms with E-state index in [0.29, 0.717) is 5.92 Å². The maximum atomic E-state index is 13.5. The van der Waals surface area contributed by atoms with Crippen molar-refractivity contribution in [1.29, 1.82) is 0 Å². The van der Waals surface area contributed by atoms with Gasteiger partial charge in [-0.25, -0.2) is 0 Å². The fourth-order valence-electron chi connectivity index (χ4n) is 4.99. The largest absolute Gasteiger partial charge is 0.497 e. The van der Waals surface area contributed by atoms with E-state index in [4.69, 9.17) is 4.74 Å². The topological polar surface area (TPSA) is 58.2 Å². The molecule has 0 saturated carbocycles. The average molecular weight is 440 g/mol. The average Bonchev–Trinajstić information content (AvgIpc) is 3.32. The number of benzene rings is 3. The first kappa shape index (κ1) is 21.3. The van der Waals surface area contributed by atoms with Gasteiger partial charge in [0.25, 0.3) is 5.91 Å². The normalized spacial score (nSPS) is 16.2. The van der Waals surface area contributed by atoms with Gasteiger partial charge in [0.1, 0.15) is 5.75 Å². The van der Waals surface area contributed by atoms with E-state index in [0.717, 1.165) is 71.3 Å². The molecule has 1 fully saturated rings. The first-order valence-electron chi connectivity index (χ1n) is 11.6. The number of amides is 1. The Morgan fingerprint density at radius 2 is 2.00 bits per heavy atom. The van der Waals surface area contributed by atoms with E-state index in [1.54, 1.807) is 7.11 Å². The highest BCUT2D eigenvalue weighted by atomic mass is 16.5. The molecule has 0 bridgehead atoms. The van der Waals surface area contributed by atoms with Crippen molar-refractivity contribution in [2.75, 3.05) is 20.2 Å². The minimum atomic E-state index is 0.137. The number of aromatic nitrogens is 2. The number of hydrogen-bond donors (Lipinski definition) is 1. The van der Waals surface area contributed by atoms with Gasteiger partial charge in [-0.15, -0.1) is 0 Å². The van der Waals surface area contributed by atoms with Gasteiger partial charge in [0.2, 0.25) is 0 Å². The molecule has 33 heavy (non-hydrogen) atoms. The Labute approximate surface area is 194 Å². The minimum absolute atomic E-state index is 0.137. The molecule has 1 aliphatic rings. The molecule has 1 aromatic heterocycles.